The van der Waals surface area contributed by atoms with Crippen LogP contribution in [0, 0.1) is 0 Å². The summed E-state index contributed by atoms with van der Waals surface area (Å²) in [6.45, 7) is 6.05. The third kappa shape index (κ3) is 5.21. The number of hydrogen-bond acceptors (Lipinski definition) is 3. The summed E-state index contributed by atoms with van der Waals surface area (Å²) in [6, 6.07) is 7.41. The maximum absolute atomic E-state index is 11.7. The molecule has 0 aromatic heterocycles. The van der Waals surface area contributed by atoms with Crippen molar-refractivity contribution < 1.29 is 14.6 Å². The van der Waals surface area contributed by atoms with Gasteiger partial charge >= 0.3 is 0 Å². The van der Waals surface area contributed by atoms with E-state index < -0.39 is 6.10 Å². The summed E-state index contributed by atoms with van der Waals surface area (Å²) in [4.78, 5) is 11.7. The number of rotatable bonds is 8. The monoisotopic (exact) mass is 279 g/mol. The van der Waals surface area contributed by atoms with E-state index in [0.717, 1.165) is 18.4 Å². The van der Waals surface area contributed by atoms with Crippen LogP contribution in [0.3, 0.4) is 0 Å². The van der Waals surface area contributed by atoms with Gasteiger partial charge in [0.25, 0.3) is 5.91 Å². The second kappa shape index (κ2) is 8.59. The molecule has 0 radical (unpaired) electrons. The van der Waals surface area contributed by atoms with E-state index in [-0.39, 0.29) is 18.6 Å². The zero-order chi connectivity index (χ0) is 15.0. The fourth-order valence-corrected chi connectivity index (χ4v) is 1.93. The molecule has 1 aromatic carbocycles. The normalized spacial score (nSPS) is 12.2. The van der Waals surface area contributed by atoms with Gasteiger partial charge in [0.15, 0.2) is 6.61 Å². The van der Waals surface area contributed by atoms with Crippen LogP contribution in [0.1, 0.15) is 51.7 Å². The number of aliphatic hydroxyl groups is 1. The van der Waals surface area contributed by atoms with Crippen LogP contribution in [-0.4, -0.2) is 23.7 Å². The second-order valence-electron chi connectivity index (χ2n) is 4.86. The van der Waals surface area contributed by atoms with Gasteiger partial charge in [0.05, 0.1) is 6.10 Å². The molecule has 1 unspecified atom stereocenters. The van der Waals surface area contributed by atoms with E-state index in [1.807, 2.05) is 32.9 Å². The largest absolute Gasteiger partial charge is 0.484 e. The van der Waals surface area contributed by atoms with Crippen molar-refractivity contribution in [1.82, 2.24) is 5.32 Å². The van der Waals surface area contributed by atoms with Crippen molar-refractivity contribution in [3.63, 3.8) is 0 Å². The Kier molecular flexibility index (Phi) is 7.09. The number of hydrogen-bond donors (Lipinski definition) is 2. The molecule has 0 heterocycles. The first-order valence-electron chi connectivity index (χ1n) is 7.30. The minimum Gasteiger partial charge on any atom is -0.484 e. The summed E-state index contributed by atoms with van der Waals surface area (Å²) in [5, 5.41) is 12.6. The van der Waals surface area contributed by atoms with Gasteiger partial charge in [-0.25, -0.2) is 0 Å². The highest BCUT2D eigenvalue weighted by molar-refractivity contribution is 5.77. The molecule has 0 saturated heterocycles. The number of benzene rings is 1. The number of ether oxygens (including phenoxy) is 1. The number of carbonyl (C=O) groups is 1. The summed E-state index contributed by atoms with van der Waals surface area (Å²) in [5.41, 5.74) is 0.862. The van der Waals surface area contributed by atoms with Gasteiger partial charge in [-0.1, -0.05) is 32.9 Å². The van der Waals surface area contributed by atoms with Gasteiger partial charge in [0.1, 0.15) is 5.75 Å². The summed E-state index contributed by atoms with van der Waals surface area (Å²) in [6.07, 6.45) is 2.08. The number of nitrogens with one attached hydrogen (secondary N) is 1. The highest BCUT2D eigenvalue weighted by Gasteiger charge is 2.09. The maximum atomic E-state index is 11.7. The van der Waals surface area contributed by atoms with E-state index in [2.05, 4.69) is 5.32 Å². The zero-order valence-electron chi connectivity index (χ0n) is 12.6. The number of carbonyl (C=O) groups excluding carboxylic acids is 1. The van der Waals surface area contributed by atoms with Gasteiger partial charge in [-0.05, 0) is 37.0 Å². The average molecular weight is 279 g/mol. The molecular weight excluding hydrogens is 254 g/mol. The van der Waals surface area contributed by atoms with Gasteiger partial charge < -0.3 is 15.2 Å². The zero-order valence-corrected chi connectivity index (χ0v) is 12.6. The Labute approximate surface area is 121 Å². The Balaban J connectivity index is 2.43. The molecule has 0 aliphatic rings. The standard InChI is InChI=1S/C16H25NO3/c1-4-13(5-2)17-16(19)11-20-14-9-7-12(8-10-14)15(18)6-3/h7-10,13,15,18H,4-6,11H2,1-3H3,(H,17,19). The SMILES string of the molecule is CCC(CC)NC(=O)COc1ccc(C(O)CC)cc1. The lowest BCUT2D eigenvalue weighted by Gasteiger charge is -2.15. The highest BCUT2D eigenvalue weighted by Crippen LogP contribution is 2.19. The van der Waals surface area contributed by atoms with Crippen molar-refractivity contribution in [3.8, 4) is 5.75 Å². The molecule has 0 fully saturated rings. The van der Waals surface area contributed by atoms with Crippen molar-refractivity contribution in [2.24, 2.45) is 0 Å². The summed E-state index contributed by atoms with van der Waals surface area (Å²) in [7, 11) is 0. The molecule has 2 N–H and O–H groups in total. The minimum atomic E-state index is -0.442. The van der Waals surface area contributed by atoms with Crippen LogP contribution in [0.25, 0.3) is 0 Å². The molecule has 20 heavy (non-hydrogen) atoms. The Morgan fingerprint density at radius 3 is 2.25 bits per heavy atom. The smallest absolute Gasteiger partial charge is 0.258 e. The minimum absolute atomic E-state index is 0.0200. The van der Waals surface area contributed by atoms with E-state index in [1.165, 1.54) is 0 Å². The fraction of sp³-hybridized carbons (Fsp3) is 0.562. The third-order valence-corrected chi connectivity index (χ3v) is 3.37. The highest BCUT2D eigenvalue weighted by atomic mass is 16.5. The molecule has 1 rings (SSSR count). The van der Waals surface area contributed by atoms with Gasteiger partial charge in [-0.3, -0.25) is 4.79 Å². The Morgan fingerprint density at radius 1 is 1.15 bits per heavy atom. The molecule has 0 aliphatic heterocycles. The lowest BCUT2D eigenvalue weighted by molar-refractivity contribution is -0.123. The van der Waals surface area contributed by atoms with Gasteiger partial charge in [0, 0.05) is 6.04 Å². The summed E-state index contributed by atoms with van der Waals surface area (Å²) < 4.78 is 5.43. The van der Waals surface area contributed by atoms with Crippen LogP contribution in [0.2, 0.25) is 0 Å². The first-order chi connectivity index (χ1) is 9.60. The Morgan fingerprint density at radius 2 is 1.75 bits per heavy atom. The molecular formula is C16H25NO3. The van der Waals surface area contributed by atoms with Crippen LogP contribution >= 0.6 is 0 Å². The molecule has 0 saturated carbocycles. The van der Waals surface area contributed by atoms with E-state index in [4.69, 9.17) is 4.74 Å². The molecule has 1 amide bonds. The topological polar surface area (TPSA) is 58.6 Å². The van der Waals surface area contributed by atoms with E-state index >= 15 is 0 Å². The summed E-state index contributed by atoms with van der Waals surface area (Å²) >= 11 is 0. The van der Waals surface area contributed by atoms with Crippen LogP contribution in [0.5, 0.6) is 5.75 Å². The molecule has 1 aromatic rings. The average Bonchev–Trinajstić information content (AvgIpc) is 2.50. The lowest BCUT2D eigenvalue weighted by atomic mass is 10.1. The quantitative estimate of drug-likeness (QED) is 0.769. The van der Waals surface area contributed by atoms with Crippen LogP contribution in [0.4, 0.5) is 0 Å². The molecule has 0 aliphatic carbocycles. The van der Waals surface area contributed by atoms with Crippen molar-refractivity contribution in [1.29, 1.82) is 0 Å². The van der Waals surface area contributed by atoms with E-state index in [1.54, 1.807) is 12.1 Å². The Bertz CT molecular complexity index is 399. The molecule has 4 heteroatoms. The second-order valence-corrected chi connectivity index (χ2v) is 4.86. The third-order valence-electron chi connectivity index (χ3n) is 3.37. The maximum Gasteiger partial charge on any atom is 0.258 e. The lowest BCUT2D eigenvalue weighted by Crippen LogP contribution is -2.37. The van der Waals surface area contributed by atoms with E-state index in [0.29, 0.717) is 12.2 Å². The first-order valence-corrected chi connectivity index (χ1v) is 7.30. The Hall–Kier alpha value is -1.55. The van der Waals surface area contributed by atoms with Gasteiger partial charge in [-0.15, -0.1) is 0 Å². The number of aliphatic hydroxyl groups excluding tert-OH is 1. The van der Waals surface area contributed by atoms with Crippen molar-refractivity contribution in [2.45, 2.75) is 52.2 Å². The molecule has 4 nitrogen and oxygen atoms in total. The molecule has 1 atom stereocenters. The van der Waals surface area contributed by atoms with Crippen LogP contribution in [-0.2, 0) is 4.79 Å². The van der Waals surface area contributed by atoms with Gasteiger partial charge in [0.2, 0.25) is 0 Å². The van der Waals surface area contributed by atoms with Gasteiger partial charge in [-0.2, -0.15) is 0 Å². The molecule has 0 spiro atoms. The summed E-state index contributed by atoms with van der Waals surface area (Å²) in [5.74, 6) is 0.535. The first kappa shape index (κ1) is 16.5. The van der Waals surface area contributed by atoms with Crippen molar-refractivity contribution in [3.05, 3.63) is 29.8 Å². The fourth-order valence-electron chi connectivity index (χ4n) is 1.93. The van der Waals surface area contributed by atoms with Crippen molar-refractivity contribution >= 4 is 5.91 Å². The molecule has 0 bridgehead atoms. The van der Waals surface area contributed by atoms with Crippen molar-refractivity contribution in [2.75, 3.05) is 6.61 Å². The van der Waals surface area contributed by atoms with E-state index in [9.17, 15) is 9.90 Å². The van der Waals surface area contributed by atoms with Crippen LogP contribution in [0.15, 0.2) is 24.3 Å². The van der Waals surface area contributed by atoms with Crippen LogP contribution < -0.4 is 10.1 Å². The molecule has 112 valence electrons. The number of amides is 1. The predicted molar refractivity (Wildman–Crippen MR) is 79.7 cm³/mol. The predicted octanol–water partition coefficient (Wildman–Crippen LogP) is 2.81.